The van der Waals surface area contributed by atoms with E-state index >= 15 is 0 Å². The van der Waals surface area contributed by atoms with Crippen molar-refractivity contribution in [3.8, 4) is 0 Å². The number of hydrogen-bond donors (Lipinski definition) is 1. The summed E-state index contributed by atoms with van der Waals surface area (Å²) in [6.07, 6.45) is 6.49. The van der Waals surface area contributed by atoms with Crippen LogP contribution in [0.5, 0.6) is 0 Å². The van der Waals surface area contributed by atoms with E-state index in [4.69, 9.17) is 0 Å². The van der Waals surface area contributed by atoms with E-state index in [9.17, 15) is 0 Å². The fourth-order valence-corrected chi connectivity index (χ4v) is 2.55. The molecule has 0 fully saturated rings. The van der Waals surface area contributed by atoms with Gasteiger partial charge in [-0.15, -0.1) is 30.8 Å². The van der Waals surface area contributed by atoms with Crippen molar-refractivity contribution in [3.63, 3.8) is 0 Å². The van der Waals surface area contributed by atoms with Crippen molar-refractivity contribution in [2.24, 2.45) is 5.41 Å². The third kappa shape index (κ3) is 5.62. The predicted octanol–water partition coefficient (Wildman–Crippen LogP) is -0.606. The van der Waals surface area contributed by atoms with Crippen LogP contribution in [-0.4, -0.2) is 4.98 Å². The summed E-state index contributed by atoms with van der Waals surface area (Å²) < 4.78 is 0. The van der Waals surface area contributed by atoms with Gasteiger partial charge in [0.1, 0.15) is 0 Å². The normalized spacial score (nSPS) is 14.8. The minimum Gasteiger partial charge on any atom is -1.00 e. The molecule has 1 aliphatic carbocycles. The van der Waals surface area contributed by atoms with Crippen molar-refractivity contribution < 1.29 is 51.0 Å². The fourth-order valence-electron chi connectivity index (χ4n) is 2.55. The first kappa shape index (κ1) is 24.9. The van der Waals surface area contributed by atoms with Crippen LogP contribution in [-0.2, 0) is 26.2 Å². The summed E-state index contributed by atoms with van der Waals surface area (Å²) in [7, 11) is 0. The van der Waals surface area contributed by atoms with Crippen LogP contribution >= 0.6 is 0 Å². The van der Waals surface area contributed by atoms with Crippen LogP contribution in [0, 0.1) is 24.6 Å². The summed E-state index contributed by atoms with van der Waals surface area (Å²) in [5, 5.41) is 1.27. The number of fused-ring (bicyclic) bond motifs is 1. The minimum atomic E-state index is 0. The molecule has 0 atom stereocenters. The molecular weight excluding hydrogens is 404 g/mol. The van der Waals surface area contributed by atoms with E-state index in [2.05, 4.69) is 70.9 Å². The van der Waals surface area contributed by atoms with Crippen LogP contribution in [0.3, 0.4) is 0 Å². The van der Waals surface area contributed by atoms with Crippen molar-refractivity contribution in [2.75, 3.05) is 0 Å². The Balaban J connectivity index is 0. The molecule has 1 heterocycles. The van der Waals surface area contributed by atoms with Gasteiger partial charge in [0.2, 0.25) is 0 Å². The van der Waals surface area contributed by atoms with Gasteiger partial charge in [-0.05, 0) is 0 Å². The zero-order valence-electron chi connectivity index (χ0n) is 14.6. The Labute approximate surface area is 172 Å². The van der Waals surface area contributed by atoms with Gasteiger partial charge in [-0.25, -0.2) is 5.57 Å². The van der Waals surface area contributed by atoms with Gasteiger partial charge in [0, 0.05) is 0 Å². The number of hydrogen-bond acceptors (Lipinski definition) is 0. The molecule has 0 saturated carbocycles. The standard InChI is InChI=1S/C10H15.C9H8N.2ClH.Zr/c1-7-6-10(4,5)9(3)8(7)2;1-7-6-10-9-5-3-2-4-8(7)9;;;/h1-5H3;2-5,10H,1H3;2*1H;/q2*-1;;;+4/p-2. The monoisotopic (exact) mass is 425 g/mol. The van der Waals surface area contributed by atoms with Crippen LogP contribution in [0.1, 0.15) is 40.2 Å². The largest absolute Gasteiger partial charge is 4.00 e. The number of benzene rings is 1. The van der Waals surface area contributed by atoms with Crippen molar-refractivity contribution in [2.45, 2.75) is 41.5 Å². The Hall–Kier alpha value is -0.297. The number of para-hydroxylation sites is 1. The zero-order valence-corrected chi connectivity index (χ0v) is 18.5. The van der Waals surface area contributed by atoms with Crippen LogP contribution in [0.2, 0.25) is 0 Å². The van der Waals surface area contributed by atoms with Crippen molar-refractivity contribution in [3.05, 3.63) is 58.8 Å². The molecule has 122 valence electrons. The van der Waals surface area contributed by atoms with Gasteiger partial charge in [0.25, 0.3) is 0 Å². The Bertz CT molecular complexity index is 696. The average Bonchev–Trinajstić information content (AvgIpc) is 2.86. The van der Waals surface area contributed by atoms with Crippen LogP contribution < -0.4 is 24.8 Å². The number of halogens is 2. The Morgan fingerprint density at radius 1 is 0.957 bits per heavy atom. The summed E-state index contributed by atoms with van der Waals surface area (Å²) in [4.78, 5) is 3.06. The number of rotatable bonds is 0. The molecule has 1 N–H and O–H groups in total. The molecule has 0 amide bonds. The van der Waals surface area contributed by atoms with Gasteiger partial charge in [0.05, 0.1) is 0 Å². The van der Waals surface area contributed by atoms with E-state index < -0.39 is 0 Å². The van der Waals surface area contributed by atoms with Gasteiger partial charge < -0.3 is 29.8 Å². The van der Waals surface area contributed by atoms with E-state index in [1.54, 1.807) is 0 Å². The number of aryl methyl sites for hydroxylation is 1. The molecule has 23 heavy (non-hydrogen) atoms. The Morgan fingerprint density at radius 3 is 1.91 bits per heavy atom. The summed E-state index contributed by atoms with van der Waals surface area (Å²) >= 11 is 0. The molecule has 0 saturated heterocycles. The molecule has 0 aliphatic heterocycles. The fraction of sp³-hybridized carbons (Fsp3) is 0.368. The smallest absolute Gasteiger partial charge is 1.00 e. The molecule has 1 aromatic heterocycles. The van der Waals surface area contributed by atoms with Crippen molar-refractivity contribution >= 4 is 10.9 Å². The van der Waals surface area contributed by atoms with Gasteiger partial charge >= 0.3 is 26.2 Å². The SMILES string of the molecule is CC1=[C-]C(C)(C)C(C)=C1C.Cc1[c-][nH]c2ccccc12.[Cl-].[Cl-].[Zr+4]. The number of allylic oxidation sites excluding steroid dienone is 4. The van der Waals surface area contributed by atoms with Crippen LogP contribution in [0.15, 0.2) is 41.0 Å². The average molecular weight is 428 g/mol. The molecule has 0 spiro atoms. The first-order valence-electron chi connectivity index (χ1n) is 7.08. The van der Waals surface area contributed by atoms with Gasteiger partial charge in [-0.3, -0.25) is 6.08 Å². The first-order chi connectivity index (χ1) is 9.33. The zero-order chi connectivity index (χ0) is 14.9. The molecule has 2 aromatic rings. The number of nitrogens with one attached hydrogen (secondary N) is 1. The van der Waals surface area contributed by atoms with Gasteiger partial charge in [0.15, 0.2) is 0 Å². The van der Waals surface area contributed by atoms with E-state index in [0.717, 1.165) is 0 Å². The van der Waals surface area contributed by atoms with E-state index in [0.29, 0.717) is 0 Å². The predicted molar refractivity (Wildman–Crippen MR) is 86.5 cm³/mol. The quantitative estimate of drug-likeness (QED) is 0.541. The topological polar surface area (TPSA) is 15.8 Å². The van der Waals surface area contributed by atoms with E-state index in [1.807, 2.05) is 12.1 Å². The second-order valence-corrected chi connectivity index (χ2v) is 6.05. The third-order valence-electron chi connectivity index (χ3n) is 4.28. The Morgan fingerprint density at radius 2 is 1.52 bits per heavy atom. The number of H-pyrrole nitrogens is 1. The first-order valence-corrected chi connectivity index (χ1v) is 7.08. The summed E-state index contributed by atoms with van der Waals surface area (Å²) in [5.41, 5.74) is 6.75. The Kier molecular flexibility index (Phi) is 10.7. The van der Waals surface area contributed by atoms with Crippen LogP contribution in [0.25, 0.3) is 10.9 Å². The van der Waals surface area contributed by atoms with Crippen LogP contribution in [0.4, 0.5) is 0 Å². The molecule has 0 bridgehead atoms. The molecule has 0 radical (unpaired) electrons. The molecule has 3 rings (SSSR count). The summed E-state index contributed by atoms with van der Waals surface area (Å²) in [6, 6.07) is 8.21. The van der Waals surface area contributed by atoms with E-state index in [-0.39, 0.29) is 56.4 Å². The third-order valence-corrected chi connectivity index (χ3v) is 4.28. The molecule has 0 unspecified atom stereocenters. The molecule has 1 nitrogen and oxygen atoms in total. The van der Waals surface area contributed by atoms with Gasteiger partial charge in [-0.1, -0.05) is 52.2 Å². The molecule has 4 heteroatoms. The maximum atomic E-state index is 3.44. The number of aromatic amines is 1. The summed E-state index contributed by atoms with van der Waals surface area (Å²) in [6.45, 7) is 13.0. The number of aromatic nitrogens is 1. The second kappa shape index (κ2) is 9.87. The van der Waals surface area contributed by atoms with Crippen molar-refractivity contribution in [1.82, 2.24) is 4.98 Å². The maximum absolute atomic E-state index is 3.44. The molecule has 1 aliphatic rings. The summed E-state index contributed by atoms with van der Waals surface area (Å²) in [5.74, 6) is 0. The molecule has 1 aromatic carbocycles. The van der Waals surface area contributed by atoms with Crippen molar-refractivity contribution in [1.29, 1.82) is 0 Å². The molecular formula is C19H23Cl2NZr. The minimum absolute atomic E-state index is 0. The van der Waals surface area contributed by atoms with E-state index in [1.165, 1.54) is 33.2 Å². The maximum Gasteiger partial charge on any atom is 4.00 e. The van der Waals surface area contributed by atoms with Gasteiger partial charge in [-0.2, -0.15) is 22.1 Å². The second-order valence-electron chi connectivity index (χ2n) is 6.05.